The summed E-state index contributed by atoms with van der Waals surface area (Å²) < 4.78 is 29.2. The largest absolute Gasteiger partial charge is 0.316 e. The third-order valence-corrected chi connectivity index (χ3v) is 7.77. The molecule has 2 aromatic heterocycles. The van der Waals surface area contributed by atoms with E-state index < -0.39 is 10.2 Å². The van der Waals surface area contributed by atoms with Gasteiger partial charge in [-0.25, -0.2) is 15.0 Å². The van der Waals surface area contributed by atoms with Crippen LogP contribution in [0.4, 0.5) is 10.9 Å². The van der Waals surface area contributed by atoms with Crippen molar-refractivity contribution >= 4 is 32.5 Å². The molecule has 0 unspecified atom stereocenters. The van der Waals surface area contributed by atoms with Gasteiger partial charge in [-0.15, -0.1) is 11.3 Å². The first kappa shape index (κ1) is 18.7. The number of aromatic nitrogens is 3. The molecule has 2 aromatic rings. The molecule has 1 fully saturated rings. The van der Waals surface area contributed by atoms with Crippen molar-refractivity contribution in [2.75, 3.05) is 25.0 Å². The lowest BCUT2D eigenvalue weighted by atomic mass is 10.1. The smallest absolute Gasteiger partial charge is 0.282 e. The molecule has 0 spiro atoms. The molecule has 146 valence electrons. The number of nitrogens with one attached hydrogen (secondary N) is 1. The molecule has 10 heteroatoms. The molecular formula is C17H24N6O2S2. The molecule has 2 aliphatic rings. The first-order chi connectivity index (χ1) is 12.9. The molecule has 1 N–H and O–H groups in total. The van der Waals surface area contributed by atoms with Gasteiger partial charge in [-0.1, -0.05) is 6.42 Å². The van der Waals surface area contributed by atoms with Crippen LogP contribution in [-0.2, 0) is 23.2 Å². The Morgan fingerprint density at radius 3 is 2.56 bits per heavy atom. The SMILES string of the molecule is Cc1nc2c(c(Nc3ncc(C)s3)n1)CCN(S(=O)(=O)N1CCCCC1)C2. The normalized spacial score (nSPS) is 19.0. The summed E-state index contributed by atoms with van der Waals surface area (Å²) in [4.78, 5) is 14.5. The summed E-state index contributed by atoms with van der Waals surface area (Å²) in [6.07, 6.45) is 5.39. The van der Waals surface area contributed by atoms with Crippen molar-refractivity contribution in [3.63, 3.8) is 0 Å². The number of hydrogen-bond acceptors (Lipinski definition) is 7. The van der Waals surface area contributed by atoms with E-state index >= 15 is 0 Å². The minimum atomic E-state index is -3.43. The van der Waals surface area contributed by atoms with Gasteiger partial charge in [0.1, 0.15) is 11.6 Å². The zero-order chi connectivity index (χ0) is 19.0. The van der Waals surface area contributed by atoms with Crippen LogP contribution in [0, 0.1) is 13.8 Å². The summed E-state index contributed by atoms with van der Waals surface area (Å²) in [6.45, 7) is 5.81. The zero-order valence-electron chi connectivity index (χ0n) is 15.6. The van der Waals surface area contributed by atoms with Crippen molar-refractivity contribution < 1.29 is 8.42 Å². The minimum absolute atomic E-state index is 0.295. The van der Waals surface area contributed by atoms with E-state index in [4.69, 9.17) is 0 Å². The van der Waals surface area contributed by atoms with Crippen LogP contribution in [0.2, 0.25) is 0 Å². The fourth-order valence-electron chi connectivity index (χ4n) is 3.60. The molecule has 4 rings (SSSR count). The molecule has 2 aliphatic heterocycles. The maximum Gasteiger partial charge on any atom is 0.282 e. The maximum atomic E-state index is 13.0. The Kier molecular flexibility index (Phi) is 5.15. The van der Waals surface area contributed by atoms with Gasteiger partial charge in [0.2, 0.25) is 0 Å². The molecule has 0 radical (unpaired) electrons. The summed E-state index contributed by atoms with van der Waals surface area (Å²) in [6, 6.07) is 0. The van der Waals surface area contributed by atoms with E-state index in [2.05, 4.69) is 20.3 Å². The number of nitrogens with zero attached hydrogens (tertiary/aromatic N) is 5. The second-order valence-electron chi connectivity index (χ2n) is 7.00. The minimum Gasteiger partial charge on any atom is -0.316 e. The number of hydrogen-bond donors (Lipinski definition) is 1. The Bertz CT molecular complexity index is 937. The van der Waals surface area contributed by atoms with Crippen molar-refractivity contribution in [1.29, 1.82) is 0 Å². The Hall–Kier alpha value is -1.62. The molecule has 0 aliphatic carbocycles. The van der Waals surface area contributed by atoms with Crippen molar-refractivity contribution in [3.05, 3.63) is 28.2 Å². The molecule has 0 atom stereocenters. The van der Waals surface area contributed by atoms with Gasteiger partial charge in [0.05, 0.1) is 12.2 Å². The van der Waals surface area contributed by atoms with Crippen LogP contribution in [-0.4, -0.2) is 51.6 Å². The summed E-state index contributed by atoms with van der Waals surface area (Å²) in [5.74, 6) is 1.36. The highest BCUT2D eigenvalue weighted by Crippen LogP contribution is 2.30. The van der Waals surface area contributed by atoms with Gasteiger partial charge < -0.3 is 5.32 Å². The fourth-order valence-corrected chi connectivity index (χ4v) is 5.92. The van der Waals surface area contributed by atoms with E-state index in [1.54, 1.807) is 19.9 Å². The number of aryl methyl sites for hydroxylation is 2. The van der Waals surface area contributed by atoms with Crippen LogP contribution in [0.1, 0.15) is 41.2 Å². The average molecular weight is 409 g/mol. The highest BCUT2D eigenvalue weighted by molar-refractivity contribution is 7.86. The quantitative estimate of drug-likeness (QED) is 0.835. The van der Waals surface area contributed by atoms with E-state index in [0.717, 1.165) is 46.3 Å². The lowest BCUT2D eigenvalue weighted by molar-refractivity contribution is 0.293. The lowest BCUT2D eigenvalue weighted by Gasteiger charge is -2.34. The molecule has 0 aromatic carbocycles. The Balaban J connectivity index is 1.59. The highest BCUT2D eigenvalue weighted by Gasteiger charge is 2.34. The van der Waals surface area contributed by atoms with E-state index in [-0.39, 0.29) is 0 Å². The van der Waals surface area contributed by atoms with Crippen LogP contribution in [0.25, 0.3) is 0 Å². The Morgan fingerprint density at radius 2 is 1.85 bits per heavy atom. The molecule has 4 heterocycles. The maximum absolute atomic E-state index is 13.0. The average Bonchev–Trinajstić information content (AvgIpc) is 3.06. The van der Waals surface area contributed by atoms with Gasteiger partial charge in [0, 0.05) is 36.3 Å². The number of rotatable bonds is 4. The summed E-state index contributed by atoms with van der Waals surface area (Å²) in [5.41, 5.74) is 1.77. The topological polar surface area (TPSA) is 91.3 Å². The Morgan fingerprint density at radius 1 is 1.07 bits per heavy atom. The molecule has 8 nitrogen and oxygen atoms in total. The second-order valence-corrected chi connectivity index (χ2v) is 10.2. The monoisotopic (exact) mass is 408 g/mol. The third kappa shape index (κ3) is 3.84. The number of thiazole rings is 1. The number of piperidine rings is 1. The Labute approximate surface area is 163 Å². The predicted molar refractivity (Wildman–Crippen MR) is 105 cm³/mol. The molecule has 1 saturated heterocycles. The van der Waals surface area contributed by atoms with Gasteiger partial charge in [-0.2, -0.15) is 17.0 Å². The summed E-state index contributed by atoms with van der Waals surface area (Å²) >= 11 is 1.57. The van der Waals surface area contributed by atoms with Crippen molar-refractivity contribution in [2.45, 2.75) is 46.1 Å². The van der Waals surface area contributed by atoms with Crippen LogP contribution in [0.5, 0.6) is 0 Å². The highest BCUT2D eigenvalue weighted by atomic mass is 32.2. The van der Waals surface area contributed by atoms with Gasteiger partial charge in [0.25, 0.3) is 10.2 Å². The molecule has 0 amide bonds. The van der Waals surface area contributed by atoms with Crippen LogP contribution >= 0.6 is 11.3 Å². The third-order valence-electron chi connectivity index (χ3n) is 4.96. The zero-order valence-corrected chi connectivity index (χ0v) is 17.2. The van der Waals surface area contributed by atoms with Gasteiger partial charge >= 0.3 is 0 Å². The van der Waals surface area contributed by atoms with E-state index in [1.807, 2.05) is 20.0 Å². The van der Waals surface area contributed by atoms with E-state index in [0.29, 0.717) is 38.4 Å². The molecule has 0 bridgehead atoms. The van der Waals surface area contributed by atoms with Gasteiger partial charge in [0.15, 0.2) is 5.13 Å². The van der Waals surface area contributed by atoms with Gasteiger partial charge in [-0.3, -0.25) is 0 Å². The van der Waals surface area contributed by atoms with Crippen molar-refractivity contribution in [3.8, 4) is 0 Å². The van der Waals surface area contributed by atoms with Crippen molar-refractivity contribution in [2.24, 2.45) is 0 Å². The van der Waals surface area contributed by atoms with Crippen LogP contribution in [0.15, 0.2) is 6.20 Å². The predicted octanol–water partition coefficient (Wildman–Crippen LogP) is 2.38. The standard InChI is InChI=1S/C17H24N6O2S2/c1-12-10-18-17(26-12)21-16-14-6-9-23(11-15(14)19-13(2)20-16)27(24,25)22-7-4-3-5-8-22/h10H,3-9,11H2,1-2H3,(H,18,19,20,21). The molecule has 27 heavy (non-hydrogen) atoms. The van der Waals surface area contributed by atoms with Gasteiger partial charge in [-0.05, 0) is 33.1 Å². The second kappa shape index (κ2) is 7.42. The lowest BCUT2D eigenvalue weighted by Crippen LogP contribution is -2.47. The first-order valence-electron chi connectivity index (χ1n) is 9.24. The summed E-state index contributed by atoms with van der Waals surface area (Å²) in [7, 11) is -3.43. The van der Waals surface area contributed by atoms with Crippen molar-refractivity contribution in [1.82, 2.24) is 23.6 Å². The first-order valence-corrected chi connectivity index (χ1v) is 11.5. The molecule has 0 saturated carbocycles. The van der Waals surface area contributed by atoms with E-state index in [1.165, 1.54) is 0 Å². The van der Waals surface area contributed by atoms with E-state index in [9.17, 15) is 8.42 Å². The van der Waals surface area contributed by atoms with Crippen LogP contribution in [0.3, 0.4) is 0 Å². The summed E-state index contributed by atoms with van der Waals surface area (Å²) in [5, 5.41) is 4.08. The number of fused-ring (bicyclic) bond motifs is 1. The van der Waals surface area contributed by atoms with Crippen LogP contribution < -0.4 is 5.32 Å². The fraction of sp³-hybridized carbons (Fsp3) is 0.588. The number of anilines is 2. The molecular weight excluding hydrogens is 384 g/mol.